The topological polar surface area (TPSA) is 53.7 Å². The molecular weight excluding hydrogens is 372 g/mol. The highest BCUT2D eigenvalue weighted by atomic mass is 35.5. The molecule has 1 amide bonds. The number of hydrogen-bond donors (Lipinski definition) is 2. The number of hydrogen-bond acceptors (Lipinski definition) is 2. The maximum absolute atomic E-state index is 13.0. The summed E-state index contributed by atoms with van der Waals surface area (Å²) in [4.78, 5) is 13.0. The van der Waals surface area contributed by atoms with E-state index in [1.165, 1.54) is 0 Å². The summed E-state index contributed by atoms with van der Waals surface area (Å²) in [5.41, 5.74) is 2.31. The number of benzene rings is 1. The van der Waals surface area contributed by atoms with Crippen LogP contribution in [0.2, 0.25) is 5.02 Å². The van der Waals surface area contributed by atoms with Gasteiger partial charge in [-0.15, -0.1) is 0 Å². The van der Waals surface area contributed by atoms with Crippen molar-refractivity contribution in [3.63, 3.8) is 0 Å². The van der Waals surface area contributed by atoms with Crippen molar-refractivity contribution in [2.75, 3.05) is 6.54 Å². The Kier molecular flexibility index (Phi) is 5.17. The Morgan fingerprint density at radius 2 is 2.07 bits per heavy atom. The summed E-state index contributed by atoms with van der Waals surface area (Å²) in [6.45, 7) is 2.41. The fraction of sp³-hybridized carbons (Fsp3) is 0.348. The molecule has 0 spiro atoms. The van der Waals surface area contributed by atoms with Crippen LogP contribution in [0.15, 0.2) is 54.7 Å². The Hall–Kier alpha value is -2.30. The number of halogens is 1. The van der Waals surface area contributed by atoms with Gasteiger partial charge in [0.15, 0.2) is 0 Å². The molecule has 146 valence electrons. The minimum atomic E-state index is -0.824. The summed E-state index contributed by atoms with van der Waals surface area (Å²) in [7, 11) is 0. The van der Waals surface area contributed by atoms with Crippen molar-refractivity contribution < 1.29 is 9.90 Å². The van der Waals surface area contributed by atoms with Crippen molar-refractivity contribution in [2.24, 2.45) is 5.92 Å². The molecule has 28 heavy (non-hydrogen) atoms. The van der Waals surface area contributed by atoms with Gasteiger partial charge in [0.1, 0.15) is 0 Å². The van der Waals surface area contributed by atoms with Gasteiger partial charge in [0.05, 0.1) is 27.4 Å². The average Bonchev–Trinajstić information content (AvgIpc) is 3.08. The van der Waals surface area contributed by atoms with Crippen LogP contribution in [0.5, 0.6) is 0 Å². The summed E-state index contributed by atoms with van der Waals surface area (Å²) >= 11 is 6.45. The number of carbonyl (C=O) groups is 1. The lowest BCUT2D eigenvalue weighted by Gasteiger charge is -2.35. The molecule has 4 nitrogen and oxygen atoms in total. The van der Waals surface area contributed by atoms with E-state index in [4.69, 9.17) is 11.6 Å². The number of rotatable bonds is 4. The molecular formula is C23H25ClN2O2. The Morgan fingerprint density at radius 1 is 1.29 bits per heavy atom. The Morgan fingerprint density at radius 3 is 2.82 bits per heavy atom. The minimum Gasteiger partial charge on any atom is -0.388 e. The third kappa shape index (κ3) is 3.67. The van der Waals surface area contributed by atoms with E-state index < -0.39 is 5.60 Å². The van der Waals surface area contributed by atoms with Crippen molar-refractivity contribution in [3.8, 4) is 11.3 Å². The standard InChI is InChI=1S/C23H25ClN2O2/c1-16-7-5-11-23(28,14-16)15-25-22(27)18-13-20(17-8-3-2-4-9-17)26-12-6-10-19(24)21(18)26/h2-4,6,8-10,12-13,16,28H,5,7,11,14-15H2,1H3,(H,25,27). The molecule has 2 heterocycles. The second kappa shape index (κ2) is 7.61. The van der Waals surface area contributed by atoms with Crippen LogP contribution < -0.4 is 5.32 Å². The number of amides is 1. The molecule has 0 aliphatic heterocycles. The van der Waals surface area contributed by atoms with Gasteiger partial charge in [-0.2, -0.15) is 0 Å². The van der Waals surface area contributed by atoms with Crippen LogP contribution in [0.3, 0.4) is 0 Å². The predicted octanol–water partition coefficient (Wildman–Crippen LogP) is 4.93. The molecule has 5 heteroatoms. The highest BCUT2D eigenvalue weighted by molar-refractivity contribution is 6.35. The Balaban J connectivity index is 1.66. The quantitative estimate of drug-likeness (QED) is 0.656. The molecule has 3 aromatic rings. The second-order valence-electron chi connectivity index (χ2n) is 7.99. The van der Waals surface area contributed by atoms with E-state index in [-0.39, 0.29) is 12.5 Å². The van der Waals surface area contributed by atoms with Crippen LogP contribution in [0, 0.1) is 5.92 Å². The molecule has 2 atom stereocenters. The van der Waals surface area contributed by atoms with Gasteiger partial charge in [-0.25, -0.2) is 0 Å². The predicted molar refractivity (Wildman–Crippen MR) is 113 cm³/mol. The molecule has 1 aliphatic rings. The van der Waals surface area contributed by atoms with Crippen molar-refractivity contribution in [1.82, 2.24) is 9.72 Å². The smallest absolute Gasteiger partial charge is 0.253 e. The molecule has 1 aromatic carbocycles. The van der Waals surface area contributed by atoms with Crippen LogP contribution in [0.4, 0.5) is 0 Å². The Bertz CT molecular complexity index is 999. The molecule has 1 fully saturated rings. The number of carbonyl (C=O) groups excluding carboxylic acids is 1. The normalized spacial score (nSPS) is 22.3. The zero-order valence-electron chi connectivity index (χ0n) is 16.0. The molecule has 1 aliphatic carbocycles. The van der Waals surface area contributed by atoms with Gasteiger partial charge in [0.25, 0.3) is 5.91 Å². The average molecular weight is 397 g/mol. The van der Waals surface area contributed by atoms with Crippen LogP contribution in [0.1, 0.15) is 43.0 Å². The van der Waals surface area contributed by atoms with Crippen molar-refractivity contribution in [3.05, 3.63) is 65.3 Å². The number of nitrogens with zero attached hydrogens (tertiary/aromatic N) is 1. The van der Waals surface area contributed by atoms with Gasteiger partial charge in [-0.1, -0.05) is 61.7 Å². The first-order valence-electron chi connectivity index (χ1n) is 9.82. The van der Waals surface area contributed by atoms with Crippen molar-refractivity contribution >= 4 is 23.0 Å². The molecule has 2 unspecified atom stereocenters. The molecule has 0 radical (unpaired) electrons. The van der Waals surface area contributed by atoms with E-state index in [1.54, 1.807) is 6.07 Å². The fourth-order valence-electron chi connectivity index (χ4n) is 4.35. The number of pyridine rings is 1. The molecule has 0 bridgehead atoms. The first-order chi connectivity index (χ1) is 13.5. The van der Waals surface area contributed by atoms with Crippen LogP contribution >= 0.6 is 11.6 Å². The molecule has 0 saturated heterocycles. The van der Waals surface area contributed by atoms with E-state index in [1.807, 2.05) is 53.1 Å². The summed E-state index contributed by atoms with van der Waals surface area (Å²) in [5.74, 6) is 0.268. The zero-order valence-corrected chi connectivity index (χ0v) is 16.7. The first-order valence-corrected chi connectivity index (χ1v) is 10.2. The summed E-state index contributed by atoms with van der Waals surface area (Å²) in [6, 6.07) is 15.5. The number of fused-ring (bicyclic) bond motifs is 1. The highest BCUT2D eigenvalue weighted by Crippen LogP contribution is 2.33. The number of aliphatic hydroxyl groups is 1. The molecule has 4 rings (SSSR count). The lowest BCUT2D eigenvalue weighted by atomic mass is 9.79. The lowest BCUT2D eigenvalue weighted by molar-refractivity contribution is -0.0109. The third-order valence-corrected chi connectivity index (χ3v) is 6.01. The molecule has 1 saturated carbocycles. The van der Waals surface area contributed by atoms with Gasteiger partial charge in [-0.05, 0) is 42.5 Å². The van der Waals surface area contributed by atoms with Crippen LogP contribution in [0.25, 0.3) is 16.8 Å². The Labute approximate surface area is 170 Å². The van der Waals surface area contributed by atoms with E-state index >= 15 is 0 Å². The maximum atomic E-state index is 13.0. The summed E-state index contributed by atoms with van der Waals surface area (Å²) in [5, 5.41) is 14.3. The maximum Gasteiger partial charge on any atom is 0.253 e. The minimum absolute atomic E-state index is 0.209. The van der Waals surface area contributed by atoms with Gasteiger partial charge >= 0.3 is 0 Å². The van der Waals surface area contributed by atoms with Crippen molar-refractivity contribution in [2.45, 2.75) is 38.2 Å². The van der Waals surface area contributed by atoms with E-state index in [0.717, 1.165) is 36.9 Å². The first kappa shape index (κ1) is 19.0. The van der Waals surface area contributed by atoms with Gasteiger partial charge in [0.2, 0.25) is 0 Å². The highest BCUT2D eigenvalue weighted by Gasteiger charge is 2.33. The van der Waals surface area contributed by atoms with E-state index in [0.29, 0.717) is 22.0 Å². The second-order valence-corrected chi connectivity index (χ2v) is 8.40. The monoisotopic (exact) mass is 396 g/mol. The number of nitrogens with one attached hydrogen (secondary N) is 1. The fourth-order valence-corrected chi connectivity index (χ4v) is 4.62. The summed E-state index contributed by atoms with van der Waals surface area (Å²) in [6.07, 6.45) is 5.49. The van der Waals surface area contributed by atoms with Gasteiger partial charge < -0.3 is 14.8 Å². The van der Waals surface area contributed by atoms with Crippen molar-refractivity contribution in [1.29, 1.82) is 0 Å². The lowest BCUT2D eigenvalue weighted by Crippen LogP contribution is -2.45. The number of aromatic nitrogens is 1. The third-order valence-electron chi connectivity index (χ3n) is 5.70. The zero-order chi connectivity index (χ0) is 19.7. The SMILES string of the molecule is CC1CCCC(O)(CNC(=O)c2cc(-c3ccccc3)n3cccc(Cl)c23)C1. The van der Waals surface area contributed by atoms with Crippen LogP contribution in [-0.4, -0.2) is 27.6 Å². The largest absolute Gasteiger partial charge is 0.388 e. The van der Waals surface area contributed by atoms with Crippen LogP contribution in [-0.2, 0) is 0 Å². The summed E-state index contributed by atoms with van der Waals surface area (Å²) < 4.78 is 1.95. The van der Waals surface area contributed by atoms with E-state index in [2.05, 4.69) is 12.2 Å². The van der Waals surface area contributed by atoms with Gasteiger partial charge in [-0.3, -0.25) is 4.79 Å². The molecule has 2 N–H and O–H groups in total. The molecule has 2 aromatic heterocycles. The van der Waals surface area contributed by atoms with Gasteiger partial charge in [0, 0.05) is 12.7 Å². The van der Waals surface area contributed by atoms with E-state index in [9.17, 15) is 9.90 Å².